The summed E-state index contributed by atoms with van der Waals surface area (Å²) in [4.78, 5) is 11.6. The van der Waals surface area contributed by atoms with Crippen LogP contribution < -0.4 is 5.73 Å². The number of hydrogen-bond acceptors (Lipinski definition) is 4. The standard InChI is InChI=1S/C13H19NO3/c1-9-8-10(4-5-11(9)14)12(15)17-7-6-13(2,3)16/h4-5,8,16H,6-7,14H2,1-3H3. The van der Waals surface area contributed by atoms with Gasteiger partial charge in [0, 0.05) is 12.1 Å². The number of nitrogen functional groups attached to an aromatic ring is 1. The third kappa shape index (κ3) is 4.44. The monoisotopic (exact) mass is 237 g/mol. The molecule has 0 bridgehead atoms. The average Bonchev–Trinajstić information content (AvgIpc) is 2.20. The highest BCUT2D eigenvalue weighted by molar-refractivity contribution is 5.90. The van der Waals surface area contributed by atoms with Crippen LogP contribution in [0.1, 0.15) is 36.2 Å². The molecule has 0 amide bonds. The van der Waals surface area contributed by atoms with Gasteiger partial charge in [0.2, 0.25) is 0 Å². The Morgan fingerprint density at radius 2 is 2.12 bits per heavy atom. The summed E-state index contributed by atoms with van der Waals surface area (Å²) in [7, 11) is 0. The van der Waals surface area contributed by atoms with Gasteiger partial charge in [0.05, 0.1) is 17.8 Å². The first kappa shape index (κ1) is 13.5. The van der Waals surface area contributed by atoms with E-state index in [1.807, 2.05) is 6.92 Å². The molecule has 0 radical (unpaired) electrons. The molecule has 17 heavy (non-hydrogen) atoms. The fourth-order valence-electron chi connectivity index (χ4n) is 1.28. The van der Waals surface area contributed by atoms with Crippen LogP contribution in [0.5, 0.6) is 0 Å². The quantitative estimate of drug-likeness (QED) is 0.619. The van der Waals surface area contributed by atoms with E-state index >= 15 is 0 Å². The summed E-state index contributed by atoms with van der Waals surface area (Å²) in [5.74, 6) is -0.391. The molecule has 0 aliphatic carbocycles. The molecule has 0 atom stereocenters. The molecule has 0 spiro atoms. The number of anilines is 1. The molecule has 1 aromatic carbocycles. The second-order valence-electron chi connectivity index (χ2n) is 4.77. The van der Waals surface area contributed by atoms with Crippen LogP contribution in [0.4, 0.5) is 5.69 Å². The summed E-state index contributed by atoms with van der Waals surface area (Å²) in [6.07, 6.45) is 0.409. The number of carbonyl (C=O) groups is 1. The Balaban J connectivity index is 2.56. The van der Waals surface area contributed by atoms with Crippen molar-refractivity contribution < 1.29 is 14.6 Å². The molecular weight excluding hydrogens is 218 g/mol. The number of benzene rings is 1. The number of nitrogens with two attached hydrogens (primary N) is 1. The van der Waals surface area contributed by atoms with Crippen LogP contribution in [0, 0.1) is 6.92 Å². The van der Waals surface area contributed by atoms with E-state index in [0.717, 1.165) is 5.56 Å². The second kappa shape index (κ2) is 5.19. The zero-order valence-corrected chi connectivity index (χ0v) is 10.5. The molecule has 4 heteroatoms. The van der Waals surface area contributed by atoms with Crippen LogP contribution in [0.2, 0.25) is 0 Å². The minimum atomic E-state index is -0.822. The lowest BCUT2D eigenvalue weighted by atomic mass is 10.1. The van der Waals surface area contributed by atoms with Crippen molar-refractivity contribution in [3.05, 3.63) is 29.3 Å². The van der Waals surface area contributed by atoms with Gasteiger partial charge in [-0.3, -0.25) is 0 Å². The van der Waals surface area contributed by atoms with Gasteiger partial charge in [0.15, 0.2) is 0 Å². The average molecular weight is 237 g/mol. The lowest BCUT2D eigenvalue weighted by Crippen LogP contribution is -2.22. The van der Waals surface area contributed by atoms with Gasteiger partial charge in [0.1, 0.15) is 0 Å². The van der Waals surface area contributed by atoms with Crippen LogP contribution in [0.15, 0.2) is 18.2 Å². The molecule has 0 aliphatic heterocycles. The Bertz CT molecular complexity index is 408. The fourth-order valence-corrected chi connectivity index (χ4v) is 1.28. The Morgan fingerprint density at radius 3 is 2.65 bits per heavy atom. The van der Waals surface area contributed by atoms with Gasteiger partial charge in [-0.1, -0.05) is 0 Å². The smallest absolute Gasteiger partial charge is 0.338 e. The minimum Gasteiger partial charge on any atom is -0.462 e. The zero-order chi connectivity index (χ0) is 13.1. The molecule has 94 valence electrons. The molecule has 0 fully saturated rings. The van der Waals surface area contributed by atoms with Gasteiger partial charge in [-0.05, 0) is 44.5 Å². The number of rotatable bonds is 4. The maximum absolute atomic E-state index is 11.6. The highest BCUT2D eigenvalue weighted by Crippen LogP contribution is 2.14. The van der Waals surface area contributed by atoms with Crippen LogP contribution in [0.3, 0.4) is 0 Å². The normalized spacial score (nSPS) is 11.3. The van der Waals surface area contributed by atoms with Crippen molar-refractivity contribution in [1.29, 1.82) is 0 Å². The molecule has 0 heterocycles. The maximum Gasteiger partial charge on any atom is 0.338 e. The maximum atomic E-state index is 11.6. The van der Waals surface area contributed by atoms with Crippen LogP contribution >= 0.6 is 0 Å². The number of aryl methyl sites for hydroxylation is 1. The van der Waals surface area contributed by atoms with Gasteiger partial charge in [0.25, 0.3) is 0 Å². The van der Waals surface area contributed by atoms with Crippen LogP contribution in [-0.4, -0.2) is 23.3 Å². The van der Waals surface area contributed by atoms with E-state index < -0.39 is 11.6 Å². The van der Waals surface area contributed by atoms with E-state index in [-0.39, 0.29) is 6.61 Å². The molecule has 3 N–H and O–H groups in total. The highest BCUT2D eigenvalue weighted by atomic mass is 16.5. The summed E-state index contributed by atoms with van der Waals surface area (Å²) in [6, 6.07) is 5.01. The largest absolute Gasteiger partial charge is 0.462 e. The van der Waals surface area contributed by atoms with Crippen molar-refractivity contribution >= 4 is 11.7 Å². The topological polar surface area (TPSA) is 72.5 Å². The van der Waals surface area contributed by atoms with Gasteiger partial charge in [-0.25, -0.2) is 4.79 Å². The zero-order valence-electron chi connectivity index (χ0n) is 10.5. The van der Waals surface area contributed by atoms with E-state index in [1.165, 1.54) is 0 Å². The Hall–Kier alpha value is -1.55. The Labute approximate surface area is 101 Å². The fraction of sp³-hybridized carbons (Fsp3) is 0.462. The predicted octanol–water partition coefficient (Wildman–Crippen LogP) is 1.90. The van der Waals surface area contributed by atoms with Crippen molar-refractivity contribution in [2.45, 2.75) is 32.8 Å². The van der Waals surface area contributed by atoms with Crippen molar-refractivity contribution in [2.24, 2.45) is 0 Å². The van der Waals surface area contributed by atoms with Crippen molar-refractivity contribution in [3.63, 3.8) is 0 Å². The van der Waals surface area contributed by atoms with Gasteiger partial charge in [-0.2, -0.15) is 0 Å². The molecule has 0 saturated carbocycles. The number of ether oxygens (including phenoxy) is 1. The summed E-state index contributed by atoms with van der Waals surface area (Å²) in [5.41, 5.74) is 6.82. The highest BCUT2D eigenvalue weighted by Gasteiger charge is 2.14. The number of carbonyl (C=O) groups excluding carboxylic acids is 1. The molecule has 0 unspecified atom stereocenters. The second-order valence-corrected chi connectivity index (χ2v) is 4.77. The molecule has 0 aromatic heterocycles. The van der Waals surface area contributed by atoms with Gasteiger partial charge in [-0.15, -0.1) is 0 Å². The molecule has 0 saturated heterocycles. The first-order valence-corrected chi connectivity index (χ1v) is 5.55. The van der Waals surface area contributed by atoms with E-state index in [0.29, 0.717) is 17.7 Å². The number of hydrogen-bond donors (Lipinski definition) is 2. The van der Waals surface area contributed by atoms with Gasteiger partial charge < -0.3 is 15.6 Å². The van der Waals surface area contributed by atoms with E-state index in [4.69, 9.17) is 10.5 Å². The van der Waals surface area contributed by atoms with Crippen molar-refractivity contribution in [1.82, 2.24) is 0 Å². The number of aliphatic hydroxyl groups is 1. The molecular formula is C13H19NO3. The summed E-state index contributed by atoms with van der Waals surface area (Å²) >= 11 is 0. The van der Waals surface area contributed by atoms with Gasteiger partial charge >= 0.3 is 5.97 Å². The number of esters is 1. The predicted molar refractivity (Wildman–Crippen MR) is 66.8 cm³/mol. The lowest BCUT2D eigenvalue weighted by molar-refractivity contribution is 0.0244. The van der Waals surface area contributed by atoms with Crippen LogP contribution in [0.25, 0.3) is 0 Å². The molecule has 4 nitrogen and oxygen atoms in total. The third-order valence-corrected chi connectivity index (χ3v) is 2.45. The summed E-state index contributed by atoms with van der Waals surface area (Å²) < 4.78 is 5.06. The third-order valence-electron chi connectivity index (χ3n) is 2.45. The summed E-state index contributed by atoms with van der Waals surface area (Å²) in [6.45, 7) is 5.39. The van der Waals surface area contributed by atoms with E-state index in [9.17, 15) is 9.90 Å². The molecule has 0 aliphatic rings. The Morgan fingerprint density at radius 1 is 1.47 bits per heavy atom. The van der Waals surface area contributed by atoms with Crippen LogP contribution in [-0.2, 0) is 4.74 Å². The molecule has 1 rings (SSSR count). The SMILES string of the molecule is Cc1cc(C(=O)OCCC(C)(C)O)ccc1N. The first-order valence-electron chi connectivity index (χ1n) is 5.55. The van der Waals surface area contributed by atoms with E-state index in [1.54, 1.807) is 32.0 Å². The Kier molecular flexibility index (Phi) is 4.12. The lowest BCUT2D eigenvalue weighted by Gasteiger charge is -2.16. The van der Waals surface area contributed by atoms with Crippen molar-refractivity contribution in [2.75, 3.05) is 12.3 Å². The van der Waals surface area contributed by atoms with Crippen molar-refractivity contribution in [3.8, 4) is 0 Å². The summed E-state index contributed by atoms with van der Waals surface area (Å²) in [5, 5.41) is 9.47. The van der Waals surface area contributed by atoms with E-state index in [2.05, 4.69) is 0 Å². The first-order chi connectivity index (χ1) is 7.79. The minimum absolute atomic E-state index is 0.200. The molecule has 1 aromatic rings.